The number of rotatable bonds is 7. The fourth-order valence-corrected chi connectivity index (χ4v) is 5.20. The largest absolute Gasteiger partial charge is 0.486 e. The first kappa shape index (κ1) is 20.6. The Bertz CT molecular complexity index is 1220. The Balaban J connectivity index is 1.11. The van der Waals surface area contributed by atoms with Crippen LogP contribution in [-0.2, 0) is 6.42 Å². The van der Waals surface area contributed by atoms with E-state index in [2.05, 4.69) is 33.9 Å². The van der Waals surface area contributed by atoms with E-state index in [1.807, 2.05) is 31.2 Å². The van der Waals surface area contributed by atoms with Gasteiger partial charge < -0.3 is 14.8 Å². The summed E-state index contributed by atoms with van der Waals surface area (Å²) >= 11 is 7.96. The van der Waals surface area contributed by atoms with E-state index in [1.165, 1.54) is 15.6 Å². The van der Waals surface area contributed by atoms with E-state index in [1.54, 1.807) is 11.3 Å². The number of aromatic nitrogens is 1. The first-order chi connectivity index (χ1) is 15.2. The third-order valence-corrected chi connectivity index (χ3v) is 6.92. The van der Waals surface area contributed by atoms with Gasteiger partial charge in [-0.25, -0.2) is 0 Å². The first-order valence-corrected chi connectivity index (χ1v) is 12.0. The van der Waals surface area contributed by atoms with Crippen LogP contribution in [0.5, 0.6) is 11.5 Å². The number of aryl methyl sites for hydroxylation is 2. The van der Waals surface area contributed by atoms with E-state index in [4.69, 9.17) is 21.1 Å². The lowest BCUT2D eigenvalue weighted by atomic mass is 10.1. The van der Waals surface area contributed by atoms with Gasteiger partial charge in [0.05, 0.1) is 5.52 Å². The van der Waals surface area contributed by atoms with Gasteiger partial charge in [0, 0.05) is 27.3 Å². The normalized spacial score (nSPS) is 15.6. The first-order valence-electron chi connectivity index (χ1n) is 10.7. The minimum Gasteiger partial charge on any atom is -0.486 e. The average Bonchev–Trinajstić information content (AvgIpc) is 3.17. The molecule has 5 rings (SSSR count). The van der Waals surface area contributed by atoms with Crippen LogP contribution in [0.1, 0.15) is 24.1 Å². The highest BCUT2D eigenvalue weighted by molar-refractivity contribution is 7.17. The average molecular weight is 453 g/mol. The molecule has 1 N–H and O–H groups in total. The van der Waals surface area contributed by atoms with E-state index in [0.717, 1.165) is 65.5 Å². The third kappa shape index (κ3) is 4.49. The predicted octanol–water partition coefficient (Wildman–Crippen LogP) is 6.16. The predicted molar refractivity (Wildman–Crippen MR) is 129 cm³/mol. The number of pyridine rings is 1. The zero-order chi connectivity index (χ0) is 21.2. The summed E-state index contributed by atoms with van der Waals surface area (Å²) < 4.78 is 13.5. The Morgan fingerprint density at radius 2 is 2.06 bits per heavy atom. The highest BCUT2D eigenvalue weighted by atomic mass is 35.5. The number of hydrogen-bond acceptors (Lipinski definition) is 5. The lowest BCUT2D eigenvalue weighted by Crippen LogP contribution is -2.38. The van der Waals surface area contributed by atoms with Crippen LogP contribution < -0.4 is 14.8 Å². The van der Waals surface area contributed by atoms with Gasteiger partial charge in [-0.15, -0.1) is 11.3 Å². The molecule has 1 atom stereocenters. The maximum absolute atomic E-state index is 6.27. The Morgan fingerprint density at radius 1 is 1.13 bits per heavy atom. The van der Waals surface area contributed by atoms with Crippen LogP contribution in [0.25, 0.3) is 21.0 Å². The summed E-state index contributed by atoms with van der Waals surface area (Å²) in [4.78, 5) is 4.59. The minimum atomic E-state index is 0.00219. The number of nitrogens with zero attached hydrogens (tertiary/aromatic N) is 1. The number of unbranched alkanes of at least 4 members (excludes halogenated alkanes) is 1. The molecule has 1 aliphatic rings. The van der Waals surface area contributed by atoms with Crippen molar-refractivity contribution in [3.05, 3.63) is 64.1 Å². The maximum atomic E-state index is 6.27. The molecule has 6 heteroatoms. The van der Waals surface area contributed by atoms with Crippen molar-refractivity contribution >= 4 is 43.9 Å². The number of halogens is 1. The molecule has 0 amide bonds. The number of hydrogen-bond donors (Lipinski definition) is 1. The zero-order valence-corrected chi connectivity index (χ0v) is 19.1. The molecule has 0 radical (unpaired) electrons. The van der Waals surface area contributed by atoms with Crippen LogP contribution >= 0.6 is 22.9 Å². The Kier molecular flexibility index (Phi) is 5.99. The van der Waals surface area contributed by atoms with E-state index < -0.39 is 0 Å². The van der Waals surface area contributed by atoms with Crippen molar-refractivity contribution in [1.82, 2.24) is 10.3 Å². The van der Waals surface area contributed by atoms with Gasteiger partial charge in [0.2, 0.25) is 0 Å². The fraction of sp³-hybridized carbons (Fsp3) is 0.320. The highest BCUT2D eigenvalue weighted by Crippen LogP contribution is 2.38. The monoisotopic (exact) mass is 452 g/mol. The molecule has 0 fully saturated rings. The quantitative estimate of drug-likeness (QED) is 0.341. The van der Waals surface area contributed by atoms with Crippen molar-refractivity contribution in [2.24, 2.45) is 0 Å². The van der Waals surface area contributed by atoms with Crippen molar-refractivity contribution < 1.29 is 9.47 Å². The summed E-state index contributed by atoms with van der Waals surface area (Å²) in [6.07, 6.45) is 3.35. The van der Waals surface area contributed by atoms with Crippen molar-refractivity contribution in [2.75, 3.05) is 19.7 Å². The Hall–Kier alpha value is -2.34. The molecule has 0 bridgehead atoms. The molecule has 31 heavy (non-hydrogen) atoms. The number of thiophene rings is 1. The summed E-state index contributed by atoms with van der Waals surface area (Å²) in [6.45, 7) is 4.29. The molecule has 4 aromatic rings. The molecule has 1 aliphatic heterocycles. The Labute approximate surface area is 191 Å². The third-order valence-electron chi connectivity index (χ3n) is 5.67. The van der Waals surface area contributed by atoms with Crippen LogP contribution in [0.15, 0.2) is 47.8 Å². The molecule has 3 heterocycles. The lowest BCUT2D eigenvalue weighted by Gasteiger charge is -2.27. The van der Waals surface area contributed by atoms with E-state index >= 15 is 0 Å². The molecule has 2 aromatic heterocycles. The molecule has 4 nitrogen and oxygen atoms in total. The van der Waals surface area contributed by atoms with Gasteiger partial charge in [-0.1, -0.05) is 11.6 Å². The van der Waals surface area contributed by atoms with Gasteiger partial charge in [-0.3, -0.25) is 4.98 Å². The van der Waals surface area contributed by atoms with Crippen molar-refractivity contribution in [2.45, 2.75) is 32.3 Å². The second kappa shape index (κ2) is 9.03. The van der Waals surface area contributed by atoms with Gasteiger partial charge in [-0.2, -0.15) is 0 Å². The van der Waals surface area contributed by atoms with E-state index in [0.29, 0.717) is 6.61 Å². The second-order valence-corrected chi connectivity index (χ2v) is 9.37. The Morgan fingerprint density at radius 3 is 3.00 bits per heavy atom. The zero-order valence-electron chi connectivity index (χ0n) is 17.5. The number of ether oxygens (including phenoxy) is 2. The minimum absolute atomic E-state index is 0.00219. The van der Waals surface area contributed by atoms with Gasteiger partial charge in [0.25, 0.3) is 0 Å². The molecule has 160 valence electrons. The van der Waals surface area contributed by atoms with Crippen LogP contribution in [0.2, 0.25) is 5.02 Å². The summed E-state index contributed by atoms with van der Waals surface area (Å²) in [6, 6.07) is 14.2. The van der Waals surface area contributed by atoms with E-state index in [9.17, 15) is 0 Å². The van der Waals surface area contributed by atoms with Crippen LogP contribution in [0.4, 0.5) is 0 Å². The second-order valence-electron chi connectivity index (χ2n) is 8.03. The highest BCUT2D eigenvalue weighted by Gasteiger charge is 2.23. The van der Waals surface area contributed by atoms with Crippen molar-refractivity contribution in [1.29, 1.82) is 0 Å². The molecule has 0 saturated carbocycles. The molecule has 0 saturated heterocycles. The summed E-state index contributed by atoms with van der Waals surface area (Å²) in [7, 11) is 0. The smallest absolute Gasteiger partial charge is 0.171 e. The summed E-state index contributed by atoms with van der Waals surface area (Å²) in [5.41, 5.74) is 3.35. The van der Waals surface area contributed by atoms with Crippen LogP contribution in [0.3, 0.4) is 0 Å². The lowest BCUT2D eigenvalue weighted by molar-refractivity contribution is 0.0925. The SMILES string of the molecule is Cc1ccc2c3c(ccc2n1)OC[C@H](CNCCCCc1csc2ccc(Cl)cc12)O3. The van der Waals surface area contributed by atoms with Crippen molar-refractivity contribution in [3.8, 4) is 11.5 Å². The number of fused-ring (bicyclic) bond motifs is 4. The van der Waals surface area contributed by atoms with Gasteiger partial charge in [0.15, 0.2) is 11.5 Å². The van der Waals surface area contributed by atoms with Gasteiger partial charge in [-0.05, 0) is 91.5 Å². The maximum Gasteiger partial charge on any atom is 0.171 e. The molecular formula is C25H25ClN2O2S. The summed E-state index contributed by atoms with van der Waals surface area (Å²) in [5, 5.41) is 8.91. The van der Waals surface area contributed by atoms with Crippen LogP contribution in [0, 0.1) is 6.92 Å². The molecule has 0 aliphatic carbocycles. The van der Waals surface area contributed by atoms with E-state index in [-0.39, 0.29) is 6.10 Å². The summed E-state index contributed by atoms with van der Waals surface area (Å²) in [5.74, 6) is 1.61. The van der Waals surface area contributed by atoms with Crippen LogP contribution in [-0.4, -0.2) is 30.8 Å². The van der Waals surface area contributed by atoms with Gasteiger partial charge >= 0.3 is 0 Å². The molecule has 0 unspecified atom stereocenters. The van der Waals surface area contributed by atoms with Gasteiger partial charge in [0.1, 0.15) is 12.7 Å². The number of benzene rings is 2. The topological polar surface area (TPSA) is 43.4 Å². The molecule has 2 aromatic carbocycles. The van der Waals surface area contributed by atoms with Crippen molar-refractivity contribution in [3.63, 3.8) is 0 Å². The molecule has 0 spiro atoms. The molecular weight excluding hydrogens is 428 g/mol. The number of nitrogens with one attached hydrogen (secondary N) is 1. The fourth-order valence-electron chi connectivity index (χ4n) is 4.05. The standard InChI is InChI=1S/C25H25ClN2O2S/c1-16-5-7-20-22(28-16)8-9-23-25(20)30-19(14-29-23)13-27-11-3-2-4-17-15-31-24-10-6-18(26)12-21(17)24/h5-10,12,15,19,27H,2-4,11,13-14H2,1H3/t19-/m0/s1.